The molecular weight excluding hydrogens is 337 g/mol. The van der Waals surface area contributed by atoms with E-state index >= 15 is 0 Å². The molecule has 1 aromatic carbocycles. The van der Waals surface area contributed by atoms with Gasteiger partial charge in [0.2, 0.25) is 0 Å². The number of nitrogens with one attached hydrogen (secondary N) is 2. The Labute approximate surface area is 146 Å². The quantitative estimate of drug-likeness (QED) is 0.769. The van der Waals surface area contributed by atoms with Crippen LogP contribution in [0.1, 0.15) is 5.56 Å². The van der Waals surface area contributed by atoms with Gasteiger partial charge in [0.15, 0.2) is 0 Å². The molecule has 1 aliphatic heterocycles. The summed E-state index contributed by atoms with van der Waals surface area (Å²) >= 11 is 12.0. The Hall–Kier alpha value is -1.27. The number of urea groups is 1. The summed E-state index contributed by atoms with van der Waals surface area (Å²) in [5.74, 6) is 0. The van der Waals surface area contributed by atoms with E-state index in [9.17, 15) is 4.79 Å². The Morgan fingerprint density at radius 3 is 2.96 bits per heavy atom. The predicted molar refractivity (Wildman–Crippen MR) is 93.1 cm³/mol. The van der Waals surface area contributed by atoms with Gasteiger partial charge in [-0.2, -0.15) is 0 Å². The van der Waals surface area contributed by atoms with E-state index in [0.29, 0.717) is 29.7 Å². The number of benzene rings is 1. The number of hydrogen-bond acceptors (Lipinski definition) is 3. The number of halogens is 2. The van der Waals surface area contributed by atoms with Crippen LogP contribution in [0, 0.1) is 0 Å². The molecule has 0 aromatic heterocycles. The summed E-state index contributed by atoms with van der Waals surface area (Å²) in [6.07, 6.45) is 1.61. The molecule has 0 spiro atoms. The first kappa shape index (κ1) is 18.1. The molecule has 1 aromatic rings. The molecule has 2 N–H and O–H groups in total. The molecule has 0 saturated carbocycles. The monoisotopic (exact) mass is 357 g/mol. The van der Waals surface area contributed by atoms with Crippen LogP contribution in [0.25, 0.3) is 0 Å². The number of hydrogen-bond donors (Lipinski definition) is 2. The maximum atomic E-state index is 11.5. The van der Waals surface area contributed by atoms with Gasteiger partial charge in [0, 0.05) is 32.7 Å². The second kappa shape index (κ2) is 9.13. The van der Waals surface area contributed by atoms with E-state index in [0.717, 1.165) is 25.2 Å². The van der Waals surface area contributed by atoms with Gasteiger partial charge in [0.1, 0.15) is 0 Å². The van der Waals surface area contributed by atoms with Crippen LogP contribution in [0.4, 0.5) is 4.79 Å². The first-order valence-corrected chi connectivity index (χ1v) is 8.24. The summed E-state index contributed by atoms with van der Waals surface area (Å²) in [5, 5.41) is 6.59. The van der Waals surface area contributed by atoms with Gasteiger partial charge in [-0.1, -0.05) is 35.3 Å². The summed E-state index contributed by atoms with van der Waals surface area (Å²) in [6.45, 7) is 7.49. The normalized spacial score (nSPS) is 18.4. The molecule has 126 valence electrons. The Kier molecular flexibility index (Phi) is 7.17. The Balaban J connectivity index is 1.79. The molecule has 0 unspecified atom stereocenters. The van der Waals surface area contributed by atoms with Crippen LogP contribution in [-0.4, -0.2) is 49.8 Å². The summed E-state index contributed by atoms with van der Waals surface area (Å²) < 4.78 is 5.69. The maximum Gasteiger partial charge on any atom is 0.315 e. The van der Waals surface area contributed by atoms with Gasteiger partial charge in [-0.25, -0.2) is 4.79 Å². The van der Waals surface area contributed by atoms with Gasteiger partial charge < -0.3 is 15.4 Å². The van der Waals surface area contributed by atoms with E-state index < -0.39 is 0 Å². The highest BCUT2D eigenvalue weighted by Crippen LogP contribution is 2.23. The molecule has 23 heavy (non-hydrogen) atoms. The summed E-state index contributed by atoms with van der Waals surface area (Å²) in [5.41, 5.74) is 1.11. The molecule has 1 saturated heterocycles. The lowest BCUT2D eigenvalue weighted by Gasteiger charge is -2.33. The van der Waals surface area contributed by atoms with Gasteiger partial charge in [-0.05, 0) is 17.7 Å². The summed E-state index contributed by atoms with van der Waals surface area (Å²) in [7, 11) is 0. The molecule has 7 heteroatoms. The highest BCUT2D eigenvalue weighted by Gasteiger charge is 2.21. The fourth-order valence-corrected chi connectivity index (χ4v) is 2.70. The van der Waals surface area contributed by atoms with E-state index in [1.54, 1.807) is 6.08 Å². The fourth-order valence-electron chi connectivity index (χ4n) is 2.38. The average molecular weight is 358 g/mol. The first-order valence-electron chi connectivity index (χ1n) is 7.49. The standard InChI is InChI=1S/C16H21Cl2N3O2/c1-2-5-19-16(22)20-9-13-11-21(6-7-23-13)10-12-3-4-14(17)15(18)8-12/h2-4,8,13H,1,5-7,9-11H2,(H2,19,20,22)/t13-/m0/s1. The van der Waals surface area contributed by atoms with E-state index in [-0.39, 0.29) is 12.1 Å². The zero-order chi connectivity index (χ0) is 16.7. The highest BCUT2D eigenvalue weighted by atomic mass is 35.5. The zero-order valence-corrected chi connectivity index (χ0v) is 14.4. The largest absolute Gasteiger partial charge is 0.374 e. The minimum atomic E-state index is -0.213. The van der Waals surface area contributed by atoms with Gasteiger partial charge in [0.05, 0.1) is 22.8 Å². The van der Waals surface area contributed by atoms with Crippen molar-refractivity contribution in [1.82, 2.24) is 15.5 Å². The molecular formula is C16H21Cl2N3O2. The van der Waals surface area contributed by atoms with Gasteiger partial charge >= 0.3 is 6.03 Å². The predicted octanol–water partition coefficient (Wildman–Crippen LogP) is 2.68. The minimum Gasteiger partial charge on any atom is -0.374 e. The van der Waals surface area contributed by atoms with Crippen LogP contribution in [0.3, 0.4) is 0 Å². The van der Waals surface area contributed by atoms with Gasteiger partial charge in [-0.3, -0.25) is 4.90 Å². The van der Waals surface area contributed by atoms with Crippen molar-refractivity contribution in [2.24, 2.45) is 0 Å². The molecule has 0 aliphatic carbocycles. The van der Waals surface area contributed by atoms with Crippen LogP contribution in [0.15, 0.2) is 30.9 Å². The second-order valence-electron chi connectivity index (χ2n) is 5.36. The van der Waals surface area contributed by atoms with Crippen molar-refractivity contribution in [3.63, 3.8) is 0 Å². The van der Waals surface area contributed by atoms with E-state index in [2.05, 4.69) is 22.1 Å². The number of amides is 2. The highest BCUT2D eigenvalue weighted by molar-refractivity contribution is 6.42. The van der Waals surface area contributed by atoms with E-state index in [1.165, 1.54) is 0 Å². The third-order valence-electron chi connectivity index (χ3n) is 3.51. The van der Waals surface area contributed by atoms with Crippen molar-refractivity contribution in [3.05, 3.63) is 46.5 Å². The number of nitrogens with zero attached hydrogens (tertiary/aromatic N) is 1. The number of carbonyl (C=O) groups excluding carboxylic acids is 1. The third kappa shape index (κ3) is 6.03. The topological polar surface area (TPSA) is 53.6 Å². The molecule has 1 heterocycles. The van der Waals surface area contributed by atoms with Crippen LogP contribution in [0.5, 0.6) is 0 Å². The summed E-state index contributed by atoms with van der Waals surface area (Å²) in [4.78, 5) is 13.8. The Morgan fingerprint density at radius 1 is 1.39 bits per heavy atom. The lowest BCUT2D eigenvalue weighted by atomic mass is 10.2. The van der Waals surface area contributed by atoms with Crippen LogP contribution < -0.4 is 10.6 Å². The molecule has 1 atom stereocenters. The van der Waals surface area contributed by atoms with Crippen molar-refractivity contribution in [2.45, 2.75) is 12.6 Å². The minimum absolute atomic E-state index is 0.0268. The van der Waals surface area contributed by atoms with Crippen LogP contribution in [-0.2, 0) is 11.3 Å². The summed E-state index contributed by atoms with van der Waals surface area (Å²) in [6, 6.07) is 5.45. The second-order valence-corrected chi connectivity index (χ2v) is 6.17. The molecule has 2 rings (SSSR count). The van der Waals surface area contributed by atoms with Crippen molar-refractivity contribution >= 4 is 29.2 Å². The van der Waals surface area contributed by atoms with Crippen molar-refractivity contribution < 1.29 is 9.53 Å². The molecule has 1 aliphatic rings. The van der Waals surface area contributed by atoms with E-state index in [4.69, 9.17) is 27.9 Å². The molecule has 0 bridgehead atoms. The molecule has 0 radical (unpaired) electrons. The number of ether oxygens (including phenoxy) is 1. The third-order valence-corrected chi connectivity index (χ3v) is 4.25. The van der Waals surface area contributed by atoms with Crippen molar-refractivity contribution in [3.8, 4) is 0 Å². The lowest BCUT2D eigenvalue weighted by Crippen LogP contribution is -2.48. The van der Waals surface area contributed by atoms with Crippen LogP contribution in [0.2, 0.25) is 10.0 Å². The first-order chi connectivity index (χ1) is 11.1. The molecule has 5 nitrogen and oxygen atoms in total. The van der Waals surface area contributed by atoms with Gasteiger partial charge in [-0.15, -0.1) is 6.58 Å². The van der Waals surface area contributed by atoms with Crippen molar-refractivity contribution in [1.29, 1.82) is 0 Å². The Bertz CT molecular complexity index is 554. The lowest BCUT2D eigenvalue weighted by molar-refractivity contribution is -0.0286. The van der Waals surface area contributed by atoms with Crippen LogP contribution >= 0.6 is 23.2 Å². The maximum absolute atomic E-state index is 11.5. The van der Waals surface area contributed by atoms with E-state index in [1.807, 2.05) is 18.2 Å². The molecule has 2 amide bonds. The Morgan fingerprint density at radius 2 is 2.22 bits per heavy atom. The SMILES string of the molecule is C=CCNC(=O)NC[C@H]1CN(Cc2ccc(Cl)c(Cl)c2)CCO1. The number of carbonyl (C=O) groups is 1. The number of rotatable bonds is 6. The fraction of sp³-hybridized carbons (Fsp3) is 0.438. The average Bonchev–Trinajstić information content (AvgIpc) is 2.55. The number of morpholine rings is 1. The molecule has 1 fully saturated rings. The van der Waals surface area contributed by atoms with Gasteiger partial charge in [0.25, 0.3) is 0 Å². The van der Waals surface area contributed by atoms with Crippen molar-refractivity contribution in [2.75, 3.05) is 32.8 Å². The smallest absolute Gasteiger partial charge is 0.315 e. The zero-order valence-electron chi connectivity index (χ0n) is 12.9.